The van der Waals surface area contributed by atoms with Gasteiger partial charge >= 0.3 is 0 Å². The maximum Gasteiger partial charge on any atom is 0.238 e. The average Bonchev–Trinajstić information content (AvgIpc) is 2.90. The molecule has 1 fully saturated rings. The van der Waals surface area contributed by atoms with Gasteiger partial charge in [-0.3, -0.25) is 0 Å². The topological polar surface area (TPSA) is 110 Å². The van der Waals surface area contributed by atoms with Crippen molar-refractivity contribution in [2.24, 2.45) is 5.14 Å². The monoisotopic (exact) mass is 389 g/mol. The Labute approximate surface area is 160 Å². The van der Waals surface area contributed by atoms with Crippen molar-refractivity contribution in [1.82, 2.24) is 9.97 Å². The molecule has 0 radical (unpaired) electrons. The summed E-state index contributed by atoms with van der Waals surface area (Å²) in [4.78, 5) is 8.73. The van der Waals surface area contributed by atoms with Gasteiger partial charge in [-0.05, 0) is 37.0 Å². The van der Waals surface area contributed by atoms with Gasteiger partial charge in [0.2, 0.25) is 10.0 Å². The van der Waals surface area contributed by atoms with Crippen LogP contribution in [0, 0.1) is 0 Å². The number of nitrogens with zero attached hydrogens (tertiary/aromatic N) is 2. The van der Waals surface area contributed by atoms with E-state index < -0.39 is 10.0 Å². The van der Waals surface area contributed by atoms with Crippen molar-refractivity contribution in [3.63, 3.8) is 0 Å². The van der Waals surface area contributed by atoms with E-state index in [2.05, 4.69) is 20.6 Å². The lowest BCUT2D eigenvalue weighted by Crippen LogP contribution is -2.19. The van der Waals surface area contributed by atoms with Crippen molar-refractivity contribution in [3.05, 3.63) is 42.2 Å². The molecule has 146 valence electrons. The molecule has 0 aliphatic heterocycles. The number of nitrogens with one attached hydrogen (secondary N) is 2. The van der Waals surface area contributed by atoms with E-state index in [-0.39, 0.29) is 4.90 Å². The number of hydrogen-bond acceptors (Lipinski definition) is 6. The van der Waals surface area contributed by atoms with E-state index in [1.54, 1.807) is 18.5 Å². The zero-order chi connectivity index (χ0) is 19.1. The van der Waals surface area contributed by atoms with Crippen LogP contribution in [0.1, 0.15) is 44.1 Å². The van der Waals surface area contributed by atoms with Gasteiger partial charge in [-0.25, -0.2) is 23.5 Å². The van der Waals surface area contributed by atoms with E-state index in [0.29, 0.717) is 12.6 Å². The van der Waals surface area contributed by atoms with Gasteiger partial charge in [-0.1, -0.05) is 37.8 Å². The van der Waals surface area contributed by atoms with Crippen molar-refractivity contribution < 1.29 is 8.42 Å². The molecule has 0 amide bonds. The van der Waals surface area contributed by atoms with Crippen LogP contribution in [-0.4, -0.2) is 31.0 Å². The summed E-state index contributed by atoms with van der Waals surface area (Å²) in [6.07, 6.45) is 9.92. The summed E-state index contributed by atoms with van der Waals surface area (Å²) >= 11 is 0. The molecule has 8 heteroatoms. The highest BCUT2D eigenvalue weighted by Crippen LogP contribution is 2.21. The Morgan fingerprint density at radius 1 is 1.00 bits per heavy atom. The minimum Gasteiger partial charge on any atom is -0.370 e. The van der Waals surface area contributed by atoms with Crippen molar-refractivity contribution in [2.75, 3.05) is 17.2 Å². The number of primary sulfonamides is 1. The number of anilines is 2. The van der Waals surface area contributed by atoms with Crippen LogP contribution in [0.15, 0.2) is 41.6 Å². The third-order valence-corrected chi connectivity index (χ3v) is 5.78. The number of aromatic nitrogens is 2. The molecule has 0 saturated heterocycles. The molecule has 1 aromatic carbocycles. The molecule has 1 aliphatic rings. The first-order valence-electron chi connectivity index (χ1n) is 9.45. The summed E-state index contributed by atoms with van der Waals surface area (Å²) < 4.78 is 22.6. The van der Waals surface area contributed by atoms with Gasteiger partial charge in [0, 0.05) is 18.7 Å². The maximum absolute atomic E-state index is 11.3. The Morgan fingerprint density at radius 2 is 1.67 bits per heavy atom. The highest BCUT2D eigenvalue weighted by Gasteiger charge is 2.12. The molecule has 1 saturated carbocycles. The Bertz CT molecular complexity index is 831. The summed E-state index contributed by atoms with van der Waals surface area (Å²) in [6, 6.07) is 9.05. The van der Waals surface area contributed by atoms with E-state index in [1.165, 1.54) is 50.7 Å². The smallest absolute Gasteiger partial charge is 0.238 e. The summed E-state index contributed by atoms with van der Waals surface area (Å²) in [6.45, 7) is 0.689. The number of rotatable bonds is 7. The summed E-state index contributed by atoms with van der Waals surface area (Å²) in [5.74, 6) is 1.64. The molecule has 2 aromatic rings. The molecule has 4 N–H and O–H groups in total. The van der Waals surface area contributed by atoms with Crippen LogP contribution in [0.3, 0.4) is 0 Å². The number of sulfonamides is 1. The van der Waals surface area contributed by atoms with Crippen LogP contribution in [0.25, 0.3) is 0 Å². The first kappa shape index (κ1) is 19.6. The molecule has 0 atom stereocenters. The third-order valence-electron chi connectivity index (χ3n) is 4.85. The highest BCUT2D eigenvalue weighted by molar-refractivity contribution is 7.89. The Balaban J connectivity index is 1.51. The zero-order valence-corrected chi connectivity index (χ0v) is 16.2. The van der Waals surface area contributed by atoms with Crippen LogP contribution in [0.5, 0.6) is 0 Å². The van der Waals surface area contributed by atoms with E-state index in [1.807, 2.05) is 6.07 Å². The largest absolute Gasteiger partial charge is 0.370 e. The van der Waals surface area contributed by atoms with Crippen LogP contribution in [-0.2, 0) is 16.4 Å². The highest BCUT2D eigenvalue weighted by atomic mass is 32.2. The van der Waals surface area contributed by atoms with E-state index in [9.17, 15) is 8.42 Å². The van der Waals surface area contributed by atoms with Gasteiger partial charge < -0.3 is 10.6 Å². The lowest BCUT2D eigenvalue weighted by Gasteiger charge is -2.17. The van der Waals surface area contributed by atoms with Crippen molar-refractivity contribution in [2.45, 2.75) is 55.9 Å². The van der Waals surface area contributed by atoms with Crippen molar-refractivity contribution >= 4 is 21.7 Å². The minimum atomic E-state index is -3.64. The second kappa shape index (κ2) is 9.14. The predicted molar refractivity (Wildman–Crippen MR) is 107 cm³/mol. The normalized spacial score (nSPS) is 15.9. The minimum absolute atomic E-state index is 0.129. The average molecular weight is 390 g/mol. The Kier molecular flexibility index (Phi) is 6.63. The quantitative estimate of drug-likeness (QED) is 0.628. The Hall–Kier alpha value is -2.19. The number of nitrogens with two attached hydrogens (primary N) is 1. The van der Waals surface area contributed by atoms with Gasteiger partial charge in [0.25, 0.3) is 0 Å². The van der Waals surface area contributed by atoms with Gasteiger partial charge in [0.1, 0.15) is 18.0 Å². The fourth-order valence-corrected chi connectivity index (χ4v) is 3.86. The molecule has 3 rings (SSSR count). The molecule has 1 aliphatic carbocycles. The van der Waals surface area contributed by atoms with Crippen molar-refractivity contribution in [3.8, 4) is 0 Å². The lowest BCUT2D eigenvalue weighted by atomic mass is 10.1. The molecule has 1 aromatic heterocycles. The molecular formula is C19H27N5O2S. The third kappa shape index (κ3) is 6.18. The first-order valence-corrected chi connectivity index (χ1v) is 11.0. The van der Waals surface area contributed by atoms with Gasteiger partial charge in [0.15, 0.2) is 0 Å². The second-order valence-electron chi connectivity index (χ2n) is 6.99. The molecule has 1 heterocycles. The van der Waals surface area contributed by atoms with Crippen LogP contribution in [0.4, 0.5) is 11.6 Å². The Morgan fingerprint density at radius 3 is 2.33 bits per heavy atom. The fraction of sp³-hybridized carbons (Fsp3) is 0.474. The maximum atomic E-state index is 11.3. The molecule has 0 bridgehead atoms. The van der Waals surface area contributed by atoms with Crippen LogP contribution < -0.4 is 15.8 Å². The molecule has 27 heavy (non-hydrogen) atoms. The van der Waals surface area contributed by atoms with E-state index in [4.69, 9.17) is 5.14 Å². The van der Waals surface area contributed by atoms with Gasteiger partial charge in [-0.15, -0.1) is 0 Å². The molecule has 7 nitrogen and oxygen atoms in total. The van der Waals surface area contributed by atoms with Gasteiger partial charge in [0.05, 0.1) is 4.90 Å². The fourth-order valence-electron chi connectivity index (χ4n) is 3.35. The zero-order valence-electron chi connectivity index (χ0n) is 15.4. The number of hydrogen-bond donors (Lipinski definition) is 3. The van der Waals surface area contributed by atoms with Gasteiger partial charge in [-0.2, -0.15) is 0 Å². The first-order chi connectivity index (χ1) is 13.0. The second-order valence-corrected chi connectivity index (χ2v) is 8.55. The standard InChI is InChI=1S/C19H27N5O2S/c20-27(25,26)17-9-7-15(8-10-17)11-12-21-18-13-19(23-14-22-18)24-16-5-3-1-2-4-6-16/h7-10,13-14,16H,1-6,11-12H2,(H2,20,25,26)(H2,21,22,23,24). The number of benzene rings is 1. The SMILES string of the molecule is NS(=O)(=O)c1ccc(CCNc2cc(NC3CCCCCC3)ncn2)cc1. The summed E-state index contributed by atoms with van der Waals surface area (Å²) in [5.41, 5.74) is 1.03. The van der Waals surface area contributed by atoms with Crippen LogP contribution >= 0.6 is 0 Å². The molecular weight excluding hydrogens is 362 g/mol. The molecule has 0 spiro atoms. The summed E-state index contributed by atoms with van der Waals surface area (Å²) in [7, 11) is -3.64. The molecule has 0 unspecified atom stereocenters. The lowest BCUT2D eigenvalue weighted by molar-refractivity contribution is 0.598. The summed E-state index contributed by atoms with van der Waals surface area (Å²) in [5, 5.41) is 11.9. The predicted octanol–water partition coefficient (Wildman–Crippen LogP) is 2.91. The van der Waals surface area contributed by atoms with E-state index in [0.717, 1.165) is 23.6 Å². The van der Waals surface area contributed by atoms with E-state index >= 15 is 0 Å². The van der Waals surface area contributed by atoms with Crippen molar-refractivity contribution in [1.29, 1.82) is 0 Å². The van der Waals surface area contributed by atoms with Crippen LogP contribution in [0.2, 0.25) is 0 Å².